The normalized spacial score (nSPS) is 11.3. The van der Waals surface area contributed by atoms with Crippen LogP contribution in [0.15, 0.2) is 32.8 Å². The van der Waals surface area contributed by atoms with Gasteiger partial charge in [-0.3, -0.25) is 14.8 Å². The molecular weight excluding hydrogens is 340 g/mol. The van der Waals surface area contributed by atoms with Crippen molar-refractivity contribution >= 4 is 6.21 Å². The van der Waals surface area contributed by atoms with Gasteiger partial charge in [0.1, 0.15) is 17.1 Å². The molecule has 1 aromatic heterocycles. The van der Waals surface area contributed by atoms with Crippen LogP contribution in [0.4, 0.5) is 0 Å². The van der Waals surface area contributed by atoms with E-state index in [0.717, 1.165) is 4.57 Å². The summed E-state index contributed by atoms with van der Waals surface area (Å²) in [5.41, 5.74) is -1.41. The number of nitrogens with zero attached hydrogens (tertiary/aromatic N) is 3. The van der Waals surface area contributed by atoms with E-state index in [1.165, 1.54) is 26.5 Å². The minimum Gasteiger partial charge on any atom is -0.497 e. The zero-order valence-corrected chi connectivity index (χ0v) is 15.1. The molecule has 9 heteroatoms. The summed E-state index contributed by atoms with van der Waals surface area (Å²) in [6.45, 7) is 1.12. The molecule has 0 radical (unpaired) electrons. The Hall–Kier alpha value is -3.07. The van der Waals surface area contributed by atoms with Gasteiger partial charge < -0.3 is 19.5 Å². The number of aromatic hydroxyl groups is 1. The molecule has 0 spiro atoms. The molecule has 0 aliphatic rings. The maximum atomic E-state index is 12.3. The van der Waals surface area contributed by atoms with Gasteiger partial charge in [-0.1, -0.05) is 0 Å². The zero-order chi connectivity index (χ0) is 19.3. The monoisotopic (exact) mass is 362 g/mol. The number of H-pyrrole nitrogens is 1. The zero-order valence-electron chi connectivity index (χ0n) is 15.1. The highest BCUT2D eigenvalue weighted by molar-refractivity contribution is 5.82. The summed E-state index contributed by atoms with van der Waals surface area (Å²) in [6, 6.07) is 4.76. The average molecular weight is 362 g/mol. The van der Waals surface area contributed by atoms with Crippen LogP contribution in [0, 0.1) is 0 Å². The van der Waals surface area contributed by atoms with Gasteiger partial charge in [0.2, 0.25) is 5.88 Å². The van der Waals surface area contributed by atoms with Gasteiger partial charge in [-0.15, -0.1) is 0 Å². The van der Waals surface area contributed by atoms with Gasteiger partial charge in [0.05, 0.1) is 26.5 Å². The smallest absolute Gasteiger partial charge is 0.335 e. The van der Waals surface area contributed by atoms with Crippen LogP contribution < -0.4 is 20.7 Å². The van der Waals surface area contributed by atoms with E-state index in [1.54, 1.807) is 12.1 Å². The van der Waals surface area contributed by atoms with E-state index >= 15 is 0 Å². The van der Waals surface area contributed by atoms with Crippen LogP contribution in [-0.2, 0) is 0 Å². The Bertz CT molecular complexity index is 914. The second kappa shape index (κ2) is 8.34. The average Bonchev–Trinajstić information content (AvgIpc) is 2.60. The molecule has 2 aromatic rings. The van der Waals surface area contributed by atoms with E-state index < -0.39 is 17.1 Å². The molecule has 9 nitrogen and oxygen atoms in total. The number of aromatic nitrogens is 2. The summed E-state index contributed by atoms with van der Waals surface area (Å²) < 4.78 is 11.3. The summed E-state index contributed by atoms with van der Waals surface area (Å²) in [5, 5.41) is 10.5. The molecule has 140 valence electrons. The molecule has 0 fully saturated rings. The maximum Gasteiger partial charge on any atom is 0.335 e. The number of nitrogens with one attached hydrogen (secondary N) is 1. The Kier molecular flexibility index (Phi) is 6.18. The van der Waals surface area contributed by atoms with Gasteiger partial charge in [-0.25, -0.2) is 9.36 Å². The molecule has 2 rings (SSSR count). The van der Waals surface area contributed by atoms with Crippen molar-refractivity contribution in [2.45, 2.75) is 0 Å². The number of methoxy groups -OCH3 is 2. The third-order valence-corrected chi connectivity index (χ3v) is 3.64. The van der Waals surface area contributed by atoms with Crippen LogP contribution in [0.25, 0.3) is 5.69 Å². The lowest BCUT2D eigenvalue weighted by molar-refractivity contribution is 0.393. The molecule has 1 heterocycles. The predicted molar refractivity (Wildman–Crippen MR) is 98.4 cm³/mol. The van der Waals surface area contributed by atoms with Gasteiger partial charge >= 0.3 is 5.69 Å². The van der Waals surface area contributed by atoms with Crippen LogP contribution in [0.3, 0.4) is 0 Å². The molecule has 0 atom stereocenters. The maximum absolute atomic E-state index is 12.3. The van der Waals surface area contributed by atoms with E-state index in [0.29, 0.717) is 24.6 Å². The molecule has 2 N–H and O–H groups in total. The second-order valence-corrected chi connectivity index (χ2v) is 5.71. The first-order chi connectivity index (χ1) is 12.4. The molecule has 0 aliphatic heterocycles. The standard InChI is InChI=1S/C17H22N4O5/c1-20(2)8-7-18-10-12-15(22)19-17(24)21(16(12)23)13-9-11(25-3)5-6-14(13)26-4/h5-6,9-10,23H,7-8H2,1-4H3,(H,19,22,24). The van der Waals surface area contributed by atoms with Gasteiger partial charge in [-0.2, -0.15) is 0 Å². The Labute approximate surface area is 150 Å². The molecular formula is C17H22N4O5. The third kappa shape index (κ3) is 4.12. The van der Waals surface area contributed by atoms with E-state index in [2.05, 4.69) is 9.98 Å². The Morgan fingerprint density at radius 3 is 2.62 bits per heavy atom. The van der Waals surface area contributed by atoms with Crippen LogP contribution in [0.1, 0.15) is 5.56 Å². The van der Waals surface area contributed by atoms with Gasteiger partial charge in [0.15, 0.2) is 0 Å². The lowest BCUT2D eigenvalue weighted by Crippen LogP contribution is -2.31. The van der Waals surface area contributed by atoms with Crippen molar-refractivity contribution in [3.63, 3.8) is 0 Å². The molecule has 26 heavy (non-hydrogen) atoms. The number of rotatable bonds is 7. The van der Waals surface area contributed by atoms with Crippen molar-refractivity contribution in [3.8, 4) is 23.1 Å². The lowest BCUT2D eigenvalue weighted by atomic mass is 10.2. The largest absolute Gasteiger partial charge is 0.497 e. The van der Waals surface area contributed by atoms with E-state index in [-0.39, 0.29) is 11.3 Å². The number of hydrogen-bond acceptors (Lipinski definition) is 7. The molecule has 0 unspecified atom stereocenters. The van der Waals surface area contributed by atoms with Crippen LogP contribution in [0.5, 0.6) is 17.4 Å². The third-order valence-electron chi connectivity index (χ3n) is 3.64. The van der Waals surface area contributed by atoms with Crippen LogP contribution in [-0.4, -0.2) is 67.2 Å². The van der Waals surface area contributed by atoms with Crippen molar-refractivity contribution < 1.29 is 14.6 Å². The summed E-state index contributed by atoms with van der Waals surface area (Å²) >= 11 is 0. The fraction of sp³-hybridized carbons (Fsp3) is 0.353. The number of hydrogen-bond donors (Lipinski definition) is 2. The van der Waals surface area contributed by atoms with Crippen molar-refractivity contribution in [1.82, 2.24) is 14.5 Å². The Morgan fingerprint density at radius 1 is 1.27 bits per heavy atom. The Balaban J connectivity index is 2.59. The fourth-order valence-corrected chi connectivity index (χ4v) is 2.26. The molecule has 0 amide bonds. The summed E-state index contributed by atoms with van der Waals surface area (Å²) in [7, 11) is 6.71. The predicted octanol–water partition coefficient (Wildman–Crippen LogP) is 0.229. The molecule has 0 bridgehead atoms. The summed E-state index contributed by atoms with van der Waals surface area (Å²) in [6.07, 6.45) is 1.25. The van der Waals surface area contributed by atoms with E-state index in [4.69, 9.17) is 9.47 Å². The highest BCUT2D eigenvalue weighted by atomic mass is 16.5. The van der Waals surface area contributed by atoms with Gasteiger partial charge in [0, 0.05) is 18.8 Å². The number of likely N-dealkylation sites (N-methyl/N-ethyl adjacent to an activating group) is 1. The van der Waals surface area contributed by atoms with Crippen LogP contribution in [0.2, 0.25) is 0 Å². The fourth-order valence-electron chi connectivity index (χ4n) is 2.26. The molecule has 0 saturated heterocycles. The van der Waals surface area contributed by atoms with E-state index in [9.17, 15) is 14.7 Å². The van der Waals surface area contributed by atoms with Crippen molar-refractivity contribution in [3.05, 3.63) is 44.6 Å². The molecule has 0 aliphatic carbocycles. The minimum atomic E-state index is -0.801. The highest BCUT2D eigenvalue weighted by Crippen LogP contribution is 2.29. The minimum absolute atomic E-state index is 0.117. The van der Waals surface area contributed by atoms with Crippen LogP contribution >= 0.6 is 0 Å². The number of benzene rings is 1. The topological polar surface area (TPSA) is 109 Å². The van der Waals surface area contributed by atoms with Gasteiger partial charge in [0.25, 0.3) is 5.56 Å². The van der Waals surface area contributed by atoms with E-state index in [1.807, 2.05) is 19.0 Å². The second-order valence-electron chi connectivity index (χ2n) is 5.71. The first-order valence-corrected chi connectivity index (χ1v) is 7.84. The highest BCUT2D eigenvalue weighted by Gasteiger charge is 2.18. The first-order valence-electron chi connectivity index (χ1n) is 7.84. The number of ether oxygens (including phenoxy) is 2. The van der Waals surface area contributed by atoms with Crippen molar-refractivity contribution in [1.29, 1.82) is 0 Å². The SMILES string of the molecule is COc1ccc(OC)c(-n2c(O)c(C=NCCN(C)C)c(=O)[nH]c2=O)c1. The number of aliphatic imine (C=N–C) groups is 1. The first kappa shape index (κ1) is 19.3. The quantitative estimate of drug-likeness (QED) is 0.683. The Morgan fingerprint density at radius 2 is 2.00 bits per heavy atom. The molecule has 0 saturated carbocycles. The molecule has 1 aromatic carbocycles. The van der Waals surface area contributed by atoms with Crippen molar-refractivity contribution in [2.75, 3.05) is 41.4 Å². The summed E-state index contributed by atoms with van der Waals surface area (Å²) in [5.74, 6) is 0.254. The lowest BCUT2D eigenvalue weighted by Gasteiger charge is -2.14. The van der Waals surface area contributed by atoms with Crippen molar-refractivity contribution in [2.24, 2.45) is 4.99 Å². The van der Waals surface area contributed by atoms with Gasteiger partial charge in [-0.05, 0) is 26.2 Å². The number of aromatic amines is 1. The summed E-state index contributed by atoms with van der Waals surface area (Å²) in [4.78, 5) is 32.6.